The van der Waals surface area contributed by atoms with Crippen molar-refractivity contribution in [2.24, 2.45) is 0 Å². The maximum absolute atomic E-state index is 12.6. The highest BCUT2D eigenvalue weighted by Gasteiger charge is 2.53. The number of hydrogen-bond donors (Lipinski definition) is 2. The summed E-state index contributed by atoms with van der Waals surface area (Å²) in [6, 6.07) is 5.95. The van der Waals surface area contributed by atoms with Gasteiger partial charge in [-0.15, -0.1) is 0 Å². The molecule has 1 aliphatic carbocycles. The van der Waals surface area contributed by atoms with Crippen LogP contribution in [0, 0.1) is 13.8 Å². The molecule has 2 unspecified atom stereocenters. The Kier molecular flexibility index (Phi) is 5.32. The smallest absolute Gasteiger partial charge is 0.329 e. The summed E-state index contributed by atoms with van der Waals surface area (Å²) in [6.45, 7) is 7.86. The van der Waals surface area contributed by atoms with Gasteiger partial charge in [0.1, 0.15) is 5.54 Å². The summed E-state index contributed by atoms with van der Waals surface area (Å²) in [5.41, 5.74) is 1.76. The van der Waals surface area contributed by atoms with Crippen LogP contribution in [0.3, 0.4) is 0 Å². The summed E-state index contributed by atoms with van der Waals surface area (Å²) < 4.78 is 12.0. The van der Waals surface area contributed by atoms with Gasteiger partial charge >= 0.3 is 5.97 Å². The number of amides is 1. The molecule has 2 N–H and O–H groups in total. The number of rotatable bonds is 4. The van der Waals surface area contributed by atoms with Crippen molar-refractivity contribution in [2.45, 2.75) is 83.3 Å². The topological polar surface area (TPSA) is 84.9 Å². The summed E-state index contributed by atoms with van der Waals surface area (Å²) in [5, 5.41) is 12.6. The summed E-state index contributed by atoms with van der Waals surface area (Å²) >= 11 is 0. The molecule has 1 aromatic rings. The van der Waals surface area contributed by atoms with Gasteiger partial charge in [-0.3, -0.25) is 4.79 Å². The Morgan fingerprint density at radius 3 is 2.26 bits per heavy atom. The zero-order valence-electron chi connectivity index (χ0n) is 16.5. The fourth-order valence-corrected chi connectivity index (χ4v) is 4.06. The summed E-state index contributed by atoms with van der Waals surface area (Å²) in [4.78, 5) is 24.7. The first-order chi connectivity index (χ1) is 12.6. The number of ether oxygens (including phenoxy) is 2. The number of carbonyl (C=O) groups is 2. The molecule has 1 heterocycles. The van der Waals surface area contributed by atoms with Crippen LogP contribution in [-0.4, -0.2) is 40.5 Å². The van der Waals surface area contributed by atoms with Crippen LogP contribution < -0.4 is 5.32 Å². The van der Waals surface area contributed by atoms with E-state index in [-0.39, 0.29) is 24.5 Å². The Hall–Kier alpha value is -1.92. The van der Waals surface area contributed by atoms with E-state index >= 15 is 0 Å². The Morgan fingerprint density at radius 1 is 1.11 bits per heavy atom. The van der Waals surface area contributed by atoms with E-state index in [4.69, 9.17) is 9.47 Å². The molecule has 27 heavy (non-hydrogen) atoms. The molecule has 2 fully saturated rings. The molecule has 0 aromatic heterocycles. The maximum Gasteiger partial charge on any atom is 0.329 e. The van der Waals surface area contributed by atoms with E-state index in [0.29, 0.717) is 25.7 Å². The predicted molar refractivity (Wildman–Crippen MR) is 100 cm³/mol. The predicted octanol–water partition coefficient (Wildman–Crippen LogP) is 2.88. The first kappa shape index (κ1) is 19.8. The van der Waals surface area contributed by atoms with E-state index in [2.05, 4.69) is 5.32 Å². The molecular weight excluding hydrogens is 346 g/mol. The third-order valence-electron chi connectivity index (χ3n) is 5.97. The standard InChI is InChI=1S/C21H29NO5/c1-13-5-6-14(2)17(11-13)12-18(23)22-20(19(24)25)7-9-21(10-8-20)26-15(3)16(4)27-21/h5-6,11,15-16H,7-10,12H2,1-4H3,(H,22,23)(H,24,25). The van der Waals surface area contributed by atoms with Gasteiger partial charge in [0.15, 0.2) is 5.79 Å². The monoisotopic (exact) mass is 375 g/mol. The second-order valence-corrected chi connectivity index (χ2v) is 8.10. The molecule has 1 aromatic carbocycles. The Balaban J connectivity index is 1.69. The molecule has 0 bridgehead atoms. The van der Waals surface area contributed by atoms with E-state index in [1.807, 2.05) is 45.9 Å². The first-order valence-corrected chi connectivity index (χ1v) is 9.61. The van der Waals surface area contributed by atoms with Crippen molar-refractivity contribution < 1.29 is 24.2 Å². The van der Waals surface area contributed by atoms with Crippen molar-refractivity contribution in [1.29, 1.82) is 0 Å². The van der Waals surface area contributed by atoms with Gasteiger partial charge in [-0.2, -0.15) is 0 Å². The highest BCUT2D eigenvalue weighted by molar-refractivity contribution is 5.88. The van der Waals surface area contributed by atoms with Crippen LogP contribution in [0.25, 0.3) is 0 Å². The van der Waals surface area contributed by atoms with Crippen molar-refractivity contribution in [3.8, 4) is 0 Å². The number of carboxylic acid groups (broad SMARTS) is 1. The number of benzene rings is 1. The molecule has 2 atom stereocenters. The molecule has 1 spiro atoms. The van der Waals surface area contributed by atoms with Crippen LogP contribution in [0.15, 0.2) is 18.2 Å². The van der Waals surface area contributed by atoms with E-state index in [1.54, 1.807) is 0 Å². The second kappa shape index (κ2) is 7.24. The summed E-state index contributed by atoms with van der Waals surface area (Å²) in [6.07, 6.45) is 1.65. The highest BCUT2D eigenvalue weighted by atomic mass is 16.8. The van der Waals surface area contributed by atoms with Gasteiger partial charge in [0, 0.05) is 12.8 Å². The van der Waals surface area contributed by atoms with Crippen molar-refractivity contribution in [2.75, 3.05) is 0 Å². The lowest BCUT2D eigenvalue weighted by Crippen LogP contribution is -2.59. The lowest BCUT2D eigenvalue weighted by Gasteiger charge is -2.41. The van der Waals surface area contributed by atoms with Gasteiger partial charge in [-0.1, -0.05) is 23.8 Å². The van der Waals surface area contributed by atoms with E-state index in [0.717, 1.165) is 16.7 Å². The molecule has 6 nitrogen and oxygen atoms in total. The third-order valence-corrected chi connectivity index (χ3v) is 5.97. The second-order valence-electron chi connectivity index (χ2n) is 8.10. The van der Waals surface area contributed by atoms with E-state index in [1.165, 1.54) is 0 Å². The number of carboxylic acids is 1. The zero-order valence-corrected chi connectivity index (χ0v) is 16.5. The molecule has 1 saturated heterocycles. The number of nitrogens with one attached hydrogen (secondary N) is 1. The molecule has 2 aliphatic rings. The molecule has 148 valence electrons. The molecule has 1 aliphatic heterocycles. The normalized spacial score (nSPS) is 33.2. The lowest BCUT2D eigenvalue weighted by molar-refractivity contribution is -0.203. The van der Waals surface area contributed by atoms with Crippen LogP contribution in [0.2, 0.25) is 0 Å². The van der Waals surface area contributed by atoms with Crippen molar-refractivity contribution in [3.05, 3.63) is 34.9 Å². The van der Waals surface area contributed by atoms with E-state index < -0.39 is 17.3 Å². The molecule has 6 heteroatoms. The molecule has 1 saturated carbocycles. The number of aryl methyl sites for hydroxylation is 2. The van der Waals surface area contributed by atoms with Gasteiger partial charge < -0.3 is 19.9 Å². The highest BCUT2D eigenvalue weighted by Crippen LogP contribution is 2.43. The van der Waals surface area contributed by atoms with Gasteiger partial charge in [-0.25, -0.2) is 4.79 Å². The van der Waals surface area contributed by atoms with Gasteiger partial charge in [-0.05, 0) is 51.7 Å². The van der Waals surface area contributed by atoms with Crippen LogP contribution in [0.1, 0.15) is 56.2 Å². The summed E-state index contributed by atoms with van der Waals surface area (Å²) in [7, 11) is 0. The largest absolute Gasteiger partial charge is 0.480 e. The Labute approximate surface area is 160 Å². The molecule has 3 rings (SSSR count). The summed E-state index contributed by atoms with van der Waals surface area (Å²) in [5.74, 6) is -1.97. The van der Waals surface area contributed by atoms with Crippen LogP contribution >= 0.6 is 0 Å². The van der Waals surface area contributed by atoms with E-state index in [9.17, 15) is 14.7 Å². The first-order valence-electron chi connectivity index (χ1n) is 9.61. The molecule has 0 radical (unpaired) electrons. The minimum atomic E-state index is -1.26. The SMILES string of the molecule is Cc1ccc(C)c(CC(=O)NC2(C(=O)O)CCC3(CC2)OC(C)C(C)O3)c1. The minimum absolute atomic E-state index is 0.0128. The fourth-order valence-electron chi connectivity index (χ4n) is 4.06. The Bertz CT molecular complexity index is 724. The maximum atomic E-state index is 12.6. The van der Waals surface area contributed by atoms with Crippen LogP contribution in [-0.2, 0) is 25.5 Å². The van der Waals surface area contributed by atoms with Gasteiger partial charge in [0.05, 0.1) is 18.6 Å². The quantitative estimate of drug-likeness (QED) is 0.845. The van der Waals surface area contributed by atoms with Crippen molar-refractivity contribution in [3.63, 3.8) is 0 Å². The fraction of sp³-hybridized carbons (Fsp3) is 0.619. The number of carbonyl (C=O) groups excluding carboxylic acids is 1. The number of hydrogen-bond acceptors (Lipinski definition) is 4. The lowest BCUT2D eigenvalue weighted by atomic mass is 9.78. The molecule has 1 amide bonds. The number of aliphatic carboxylic acids is 1. The average Bonchev–Trinajstić information content (AvgIpc) is 2.87. The third kappa shape index (κ3) is 4.01. The van der Waals surface area contributed by atoms with Crippen LogP contribution in [0.4, 0.5) is 0 Å². The molecular formula is C21H29NO5. The average molecular weight is 375 g/mol. The minimum Gasteiger partial charge on any atom is -0.480 e. The van der Waals surface area contributed by atoms with Crippen molar-refractivity contribution in [1.82, 2.24) is 5.32 Å². The van der Waals surface area contributed by atoms with Gasteiger partial charge in [0.25, 0.3) is 0 Å². The van der Waals surface area contributed by atoms with Crippen LogP contribution in [0.5, 0.6) is 0 Å². The zero-order chi connectivity index (χ0) is 19.8. The van der Waals surface area contributed by atoms with Gasteiger partial charge in [0.2, 0.25) is 5.91 Å². The Morgan fingerprint density at radius 2 is 1.70 bits per heavy atom. The van der Waals surface area contributed by atoms with Crippen molar-refractivity contribution >= 4 is 11.9 Å².